The van der Waals surface area contributed by atoms with E-state index in [0.717, 1.165) is 11.1 Å². The largest absolute Gasteiger partial charge is 0.475 e. The van der Waals surface area contributed by atoms with Crippen LogP contribution in [0.5, 0.6) is 0 Å². The molecule has 11 rings (SSSR count). The topological polar surface area (TPSA) is 190 Å². The van der Waals surface area contributed by atoms with E-state index < -0.39 is 72.5 Å². The average molecular weight is 1350 g/mol. The number of hydrogen-bond acceptors (Lipinski definition) is 18. The number of ether oxygens (including phenoxy) is 6. The van der Waals surface area contributed by atoms with Crippen LogP contribution in [0.2, 0.25) is 0 Å². The normalized spacial score (nSPS) is 20.0. The van der Waals surface area contributed by atoms with E-state index in [1.54, 1.807) is 0 Å². The van der Waals surface area contributed by atoms with Crippen LogP contribution >= 0.6 is 23.5 Å². The molecule has 0 amide bonds. The lowest BCUT2D eigenvalue weighted by molar-refractivity contribution is -0.321. The molecule has 0 radical (unpaired) electrons. The molecule has 9 aromatic carbocycles. The third-order valence-electron chi connectivity index (χ3n) is 15.3. The summed E-state index contributed by atoms with van der Waals surface area (Å²) in [6.07, 6.45) is -11.3. The molecule has 0 N–H and O–H groups in total. The minimum Gasteiger partial charge on any atom is -0.374 e. The number of phosphoric ester groups is 3. The zero-order valence-electron chi connectivity index (χ0n) is 52.3. The van der Waals surface area contributed by atoms with Gasteiger partial charge in [0.2, 0.25) is 0 Å². The van der Waals surface area contributed by atoms with E-state index in [0.29, 0.717) is 38.9 Å². The van der Waals surface area contributed by atoms with Crippen molar-refractivity contribution in [3.8, 4) is 0 Å². The van der Waals surface area contributed by atoms with Crippen molar-refractivity contribution >= 4 is 23.5 Å². The van der Waals surface area contributed by atoms with E-state index in [9.17, 15) is 0 Å². The fraction of sp³-hybridized carbons (Fsp3) is 0.270. The second-order valence-electron chi connectivity index (χ2n) is 22.5. The molecule has 2 aliphatic rings. The van der Waals surface area contributed by atoms with Gasteiger partial charge in [-0.3, -0.25) is 40.7 Å². The van der Waals surface area contributed by atoms with Crippen molar-refractivity contribution in [3.63, 3.8) is 0 Å². The van der Waals surface area contributed by atoms with Crippen LogP contribution < -0.4 is 0 Å². The first-order valence-electron chi connectivity index (χ1n) is 31.4. The molecule has 2 aliphatic heterocycles. The number of rotatable bonds is 37. The lowest BCUT2D eigenvalue weighted by atomic mass is 9.98. The Hall–Kier alpha value is -6.93. The van der Waals surface area contributed by atoms with Crippen molar-refractivity contribution in [1.29, 1.82) is 0 Å². The molecule has 0 spiro atoms. The highest BCUT2D eigenvalue weighted by Crippen LogP contribution is 2.59. The van der Waals surface area contributed by atoms with Crippen LogP contribution in [0.15, 0.2) is 273 Å². The summed E-state index contributed by atoms with van der Waals surface area (Å²) in [4.78, 5) is 0. The molecule has 2 saturated heterocycles. The lowest BCUT2D eigenvalue weighted by Crippen LogP contribution is -2.62. The molecule has 2 fully saturated rings. The molecule has 0 aliphatic carbocycles. The van der Waals surface area contributed by atoms with E-state index in [4.69, 9.17) is 69.1 Å². The van der Waals surface area contributed by atoms with Crippen molar-refractivity contribution in [2.75, 3.05) is 19.8 Å². The van der Waals surface area contributed by atoms with Crippen LogP contribution in [0.1, 0.15) is 50.1 Å². The van der Waals surface area contributed by atoms with Crippen LogP contribution in [0.4, 0.5) is 0 Å². The molecule has 9 aromatic rings. The Labute approximate surface area is 555 Å². The molecular formula is C74H77O18P3. The van der Waals surface area contributed by atoms with Crippen molar-refractivity contribution in [2.24, 2.45) is 0 Å². The molecular weight excluding hydrogens is 1270 g/mol. The van der Waals surface area contributed by atoms with Gasteiger partial charge in [0.1, 0.15) is 42.7 Å². The Kier molecular flexibility index (Phi) is 26.2. The van der Waals surface area contributed by atoms with Crippen LogP contribution in [-0.2, 0) is 142 Å². The highest BCUT2D eigenvalue weighted by atomic mass is 31.2. The van der Waals surface area contributed by atoms with Gasteiger partial charge in [0.05, 0.1) is 79.3 Å². The summed E-state index contributed by atoms with van der Waals surface area (Å²) >= 11 is 0. The minimum atomic E-state index is -4.92. The fourth-order valence-electron chi connectivity index (χ4n) is 10.4. The van der Waals surface area contributed by atoms with Gasteiger partial charge in [-0.05, 0) is 50.1 Å². The zero-order valence-corrected chi connectivity index (χ0v) is 55.0. The van der Waals surface area contributed by atoms with Gasteiger partial charge in [-0.2, -0.15) is 0 Å². The maximum atomic E-state index is 16.2. The SMILES string of the molecule is O=P(OCc1ccccc1)(OCc1ccccc1)O[C@@H]1[C@@H](OCc2ccccc2)[C@@H](O[C@H]2CO[C@H](COCc3ccccc3)[C@H]2OP(=O)(OCc2ccccc2)OCc2ccccc2)O[C@H](COCc2ccccc2)[C@H]1OP(=O)(OCc1ccccc1)OCc1ccccc1. The summed E-state index contributed by atoms with van der Waals surface area (Å²) < 4.78 is 147. The summed E-state index contributed by atoms with van der Waals surface area (Å²) in [7, 11) is -14.4. The summed E-state index contributed by atoms with van der Waals surface area (Å²) in [5, 5.41) is 0. The van der Waals surface area contributed by atoms with E-state index in [-0.39, 0.29) is 79.3 Å². The second-order valence-corrected chi connectivity index (χ2v) is 27.3. The first-order chi connectivity index (χ1) is 46.6. The number of benzene rings is 9. The Morgan fingerprint density at radius 3 is 0.874 bits per heavy atom. The monoisotopic (exact) mass is 1350 g/mol. The molecule has 0 saturated carbocycles. The third-order valence-corrected chi connectivity index (χ3v) is 19.5. The van der Waals surface area contributed by atoms with E-state index in [2.05, 4.69) is 0 Å². The minimum absolute atomic E-state index is 0.0717. The van der Waals surface area contributed by atoms with Gasteiger partial charge in [-0.25, -0.2) is 13.7 Å². The van der Waals surface area contributed by atoms with E-state index in [1.165, 1.54) is 0 Å². The van der Waals surface area contributed by atoms with E-state index >= 15 is 13.7 Å². The molecule has 21 heteroatoms. The van der Waals surface area contributed by atoms with Gasteiger partial charge in [0.15, 0.2) is 6.29 Å². The standard InChI is InChI=1S/C74H77O18P3/c75-93(82-49-61-34-16-4-17-35-61,83-50-62-36-18-5-19-37-62)90-70-67(55-78-46-58-28-10-1-11-29-58)80-57-69(70)89-74-73(81-48-60-32-14-3-15-33-60)72(92-95(77,86-53-65-42-24-8-25-43-65)87-54-66-44-26-9-27-45-66)71(68(88-74)56-79-47-59-30-12-2-13-31-59)91-94(76,84-51-63-38-20-6-21-39-63)85-52-64-40-22-7-23-41-64/h1-45,67-74H,46-57H2/t67-,68-,69+,70-,71-,72+,73-,74-/m1/s1. The van der Waals surface area contributed by atoms with Gasteiger partial charge in [-0.15, -0.1) is 0 Å². The summed E-state index contributed by atoms with van der Waals surface area (Å²) in [5.74, 6) is 0. The quantitative estimate of drug-likeness (QED) is 0.0334. The first-order valence-corrected chi connectivity index (χ1v) is 35.8. The Balaban J connectivity index is 1.02. The smallest absolute Gasteiger partial charge is 0.374 e. The Morgan fingerprint density at radius 2 is 0.558 bits per heavy atom. The molecule has 0 aromatic heterocycles. The van der Waals surface area contributed by atoms with Crippen molar-refractivity contribution in [2.45, 2.75) is 108 Å². The maximum absolute atomic E-state index is 16.2. The predicted molar refractivity (Wildman–Crippen MR) is 355 cm³/mol. The van der Waals surface area contributed by atoms with Crippen LogP contribution in [-0.4, -0.2) is 68.8 Å². The average Bonchev–Trinajstić information content (AvgIpc) is 1.33. The summed E-state index contributed by atoms with van der Waals surface area (Å²) in [6, 6.07) is 83.3. The predicted octanol–water partition coefficient (Wildman–Crippen LogP) is 16.3. The van der Waals surface area contributed by atoms with Crippen molar-refractivity contribution in [1.82, 2.24) is 0 Å². The van der Waals surface area contributed by atoms with Gasteiger partial charge in [-0.1, -0.05) is 273 Å². The van der Waals surface area contributed by atoms with Crippen molar-refractivity contribution < 1.29 is 82.8 Å². The van der Waals surface area contributed by atoms with Crippen LogP contribution in [0.25, 0.3) is 0 Å². The molecule has 18 nitrogen and oxygen atoms in total. The fourth-order valence-corrected chi connectivity index (χ4v) is 14.5. The highest BCUT2D eigenvalue weighted by molar-refractivity contribution is 7.49. The van der Waals surface area contributed by atoms with Gasteiger partial charge in [0, 0.05) is 0 Å². The maximum Gasteiger partial charge on any atom is 0.475 e. The zero-order chi connectivity index (χ0) is 65.2. The molecule has 496 valence electrons. The second kappa shape index (κ2) is 35.9. The Morgan fingerprint density at radius 1 is 0.295 bits per heavy atom. The van der Waals surface area contributed by atoms with Crippen LogP contribution in [0, 0.1) is 0 Å². The highest BCUT2D eigenvalue weighted by Gasteiger charge is 2.57. The lowest BCUT2D eigenvalue weighted by Gasteiger charge is -2.47. The number of hydrogen-bond donors (Lipinski definition) is 0. The molecule has 0 unspecified atom stereocenters. The molecule has 2 heterocycles. The van der Waals surface area contributed by atoms with Crippen LogP contribution in [0.3, 0.4) is 0 Å². The molecule has 95 heavy (non-hydrogen) atoms. The summed E-state index contributed by atoms with van der Waals surface area (Å²) in [5.41, 5.74) is 6.42. The molecule has 8 atom stereocenters. The summed E-state index contributed by atoms with van der Waals surface area (Å²) in [6.45, 7) is -1.69. The van der Waals surface area contributed by atoms with Gasteiger partial charge in [0.25, 0.3) is 0 Å². The first kappa shape index (κ1) is 69.4. The Bertz CT molecular complexity index is 3640. The van der Waals surface area contributed by atoms with Gasteiger partial charge >= 0.3 is 23.5 Å². The van der Waals surface area contributed by atoms with Crippen molar-refractivity contribution in [3.05, 3.63) is 323 Å². The van der Waals surface area contributed by atoms with Gasteiger partial charge < -0.3 is 28.4 Å². The van der Waals surface area contributed by atoms with E-state index in [1.807, 2.05) is 273 Å². The third kappa shape index (κ3) is 21.8. The molecule has 0 bridgehead atoms. The number of phosphoric acid groups is 3.